The van der Waals surface area contributed by atoms with Gasteiger partial charge in [0.1, 0.15) is 16.0 Å². The molecule has 2 rings (SSSR count). The minimum atomic E-state index is -0.0607. The maximum atomic E-state index is 11.4. The molecule has 0 N–H and O–H groups in total. The molecule has 0 saturated heterocycles. The number of ether oxygens (including phenoxy) is 2. The third-order valence-corrected chi connectivity index (χ3v) is 4.21. The molecule has 0 fully saturated rings. The van der Waals surface area contributed by atoms with Gasteiger partial charge in [-0.25, -0.2) is 0 Å². The highest BCUT2D eigenvalue weighted by atomic mass is 79.9. The Hall–Kier alpha value is -1.52. The Morgan fingerprint density at radius 2 is 1.86 bits per heavy atom. The highest BCUT2D eigenvalue weighted by molar-refractivity contribution is 9.10. The van der Waals surface area contributed by atoms with Crippen LogP contribution in [-0.2, 0) is 0 Å². The van der Waals surface area contributed by atoms with Crippen molar-refractivity contribution >= 4 is 33.3 Å². The number of benzene rings is 2. The topological polar surface area (TPSA) is 35.5 Å². The van der Waals surface area contributed by atoms with E-state index in [1.165, 1.54) is 6.92 Å². The number of hydrogen-bond donors (Lipinski definition) is 0. The maximum Gasteiger partial charge on any atom is 0.161 e. The van der Waals surface area contributed by atoms with E-state index < -0.39 is 0 Å². The third kappa shape index (κ3) is 3.06. The summed E-state index contributed by atoms with van der Waals surface area (Å²) in [7, 11) is 3.19. The average molecular weight is 370 g/mol. The fourth-order valence-corrected chi connectivity index (χ4v) is 3.07. The molecule has 0 heterocycles. The number of halogens is 2. The van der Waals surface area contributed by atoms with Crippen LogP contribution in [0.2, 0.25) is 5.02 Å². The summed E-state index contributed by atoms with van der Waals surface area (Å²) in [4.78, 5) is 11.4. The predicted octanol–water partition coefficient (Wildman–Crippen LogP) is 4.99. The van der Waals surface area contributed by atoms with Crippen LogP contribution < -0.4 is 9.47 Å². The van der Waals surface area contributed by atoms with E-state index in [0.29, 0.717) is 22.1 Å². The summed E-state index contributed by atoms with van der Waals surface area (Å²) in [6, 6.07) is 9.06. The lowest BCUT2D eigenvalue weighted by Crippen LogP contribution is -1.95. The van der Waals surface area contributed by atoms with Crippen LogP contribution in [0.15, 0.2) is 34.8 Å². The van der Waals surface area contributed by atoms with Crippen LogP contribution in [0.5, 0.6) is 11.5 Å². The predicted molar refractivity (Wildman–Crippen MR) is 87.7 cm³/mol. The quantitative estimate of drug-likeness (QED) is 0.712. The van der Waals surface area contributed by atoms with Gasteiger partial charge in [-0.1, -0.05) is 17.7 Å². The SMILES string of the molecule is COc1ccc(-c2ccc(C(C)=O)c(Cl)c2)c(OC)c1Br. The van der Waals surface area contributed by atoms with Crippen molar-refractivity contribution in [2.75, 3.05) is 14.2 Å². The van der Waals surface area contributed by atoms with E-state index in [4.69, 9.17) is 21.1 Å². The second kappa shape index (κ2) is 6.50. The first-order valence-corrected chi connectivity index (χ1v) is 7.38. The van der Waals surface area contributed by atoms with Gasteiger partial charge in [0.05, 0.1) is 19.2 Å². The summed E-state index contributed by atoms with van der Waals surface area (Å²) in [5, 5.41) is 0.425. The number of hydrogen-bond acceptors (Lipinski definition) is 3. The molecule has 0 unspecified atom stereocenters. The van der Waals surface area contributed by atoms with Crippen LogP contribution >= 0.6 is 27.5 Å². The largest absolute Gasteiger partial charge is 0.495 e. The van der Waals surface area contributed by atoms with Gasteiger partial charge in [-0.2, -0.15) is 0 Å². The van der Waals surface area contributed by atoms with Crippen LogP contribution in [0, 0.1) is 0 Å². The summed E-state index contributed by atoms with van der Waals surface area (Å²) in [6.45, 7) is 1.49. The minimum absolute atomic E-state index is 0.0607. The van der Waals surface area contributed by atoms with Gasteiger partial charge in [-0.15, -0.1) is 0 Å². The molecule has 0 radical (unpaired) electrons. The molecule has 0 aliphatic rings. The Kier molecular flexibility index (Phi) is 4.91. The van der Waals surface area contributed by atoms with Gasteiger partial charge in [-0.3, -0.25) is 4.79 Å². The Morgan fingerprint density at radius 1 is 1.14 bits per heavy atom. The molecule has 110 valence electrons. The molecule has 2 aromatic carbocycles. The van der Waals surface area contributed by atoms with E-state index in [2.05, 4.69) is 15.9 Å². The van der Waals surface area contributed by atoms with E-state index >= 15 is 0 Å². The molecule has 0 atom stereocenters. The lowest BCUT2D eigenvalue weighted by molar-refractivity contribution is 0.101. The summed E-state index contributed by atoms with van der Waals surface area (Å²) >= 11 is 9.64. The standard InChI is InChI=1S/C16H14BrClO3/c1-9(19)11-5-4-10(8-13(11)18)12-6-7-14(20-2)15(17)16(12)21-3/h4-8H,1-3H3. The van der Waals surface area contributed by atoms with Crippen molar-refractivity contribution in [3.63, 3.8) is 0 Å². The zero-order chi connectivity index (χ0) is 15.6. The Labute approximate surface area is 137 Å². The average Bonchev–Trinajstić information content (AvgIpc) is 2.46. The third-order valence-electron chi connectivity index (χ3n) is 3.15. The lowest BCUT2D eigenvalue weighted by atomic mass is 10.0. The molecule has 0 amide bonds. The number of methoxy groups -OCH3 is 2. The van der Waals surface area contributed by atoms with Gasteiger partial charge in [0, 0.05) is 11.1 Å². The van der Waals surface area contributed by atoms with Crippen molar-refractivity contribution < 1.29 is 14.3 Å². The van der Waals surface area contributed by atoms with Crippen molar-refractivity contribution in [1.82, 2.24) is 0 Å². The van der Waals surface area contributed by atoms with Crippen LogP contribution in [0.25, 0.3) is 11.1 Å². The minimum Gasteiger partial charge on any atom is -0.495 e. The van der Waals surface area contributed by atoms with Gasteiger partial charge in [0.2, 0.25) is 0 Å². The van der Waals surface area contributed by atoms with Gasteiger partial charge in [0.25, 0.3) is 0 Å². The van der Waals surface area contributed by atoms with Gasteiger partial charge in [0.15, 0.2) is 5.78 Å². The van der Waals surface area contributed by atoms with Gasteiger partial charge in [-0.05, 0) is 52.7 Å². The van der Waals surface area contributed by atoms with E-state index in [-0.39, 0.29) is 5.78 Å². The molecule has 0 spiro atoms. The first-order chi connectivity index (χ1) is 9.99. The number of rotatable bonds is 4. The molecule has 2 aromatic rings. The van der Waals surface area contributed by atoms with Crippen LogP contribution in [0.3, 0.4) is 0 Å². The number of carbonyl (C=O) groups is 1. The summed E-state index contributed by atoms with van der Waals surface area (Å²) < 4.78 is 11.4. The zero-order valence-electron chi connectivity index (χ0n) is 11.9. The monoisotopic (exact) mass is 368 g/mol. The van der Waals surface area contributed by atoms with E-state index in [9.17, 15) is 4.79 Å². The highest BCUT2D eigenvalue weighted by Crippen LogP contribution is 2.42. The van der Waals surface area contributed by atoms with Crippen LogP contribution in [0.4, 0.5) is 0 Å². The van der Waals surface area contributed by atoms with Crippen molar-refractivity contribution in [2.45, 2.75) is 6.92 Å². The molecule has 0 aliphatic carbocycles. The second-order valence-electron chi connectivity index (χ2n) is 4.41. The van der Waals surface area contributed by atoms with Gasteiger partial charge >= 0.3 is 0 Å². The van der Waals surface area contributed by atoms with E-state index in [1.807, 2.05) is 18.2 Å². The fourth-order valence-electron chi connectivity index (χ4n) is 2.09. The number of ketones is 1. The normalized spacial score (nSPS) is 10.3. The number of carbonyl (C=O) groups excluding carboxylic acids is 1. The zero-order valence-corrected chi connectivity index (χ0v) is 14.2. The second-order valence-corrected chi connectivity index (χ2v) is 5.61. The van der Waals surface area contributed by atoms with Crippen molar-refractivity contribution in [1.29, 1.82) is 0 Å². The molecule has 0 bridgehead atoms. The van der Waals surface area contributed by atoms with Crippen molar-refractivity contribution in [2.24, 2.45) is 0 Å². The first kappa shape index (κ1) is 15.9. The first-order valence-electron chi connectivity index (χ1n) is 6.21. The Morgan fingerprint density at radius 3 is 2.38 bits per heavy atom. The number of Topliss-reactive ketones (excluding diaryl/α,β-unsaturated/α-hetero) is 1. The van der Waals surface area contributed by atoms with Gasteiger partial charge < -0.3 is 9.47 Å². The Balaban J connectivity index is 2.59. The molecule has 0 saturated carbocycles. The maximum absolute atomic E-state index is 11.4. The molecule has 21 heavy (non-hydrogen) atoms. The molecule has 5 heteroatoms. The summed E-state index contributed by atoms with van der Waals surface area (Å²) in [5.41, 5.74) is 2.24. The Bertz CT molecular complexity index is 698. The summed E-state index contributed by atoms with van der Waals surface area (Å²) in [6.07, 6.45) is 0. The molecule has 0 aromatic heterocycles. The fraction of sp³-hybridized carbons (Fsp3) is 0.188. The summed E-state index contributed by atoms with van der Waals surface area (Å²) in [5.74, 6) is 1.28. The van der Waals surface area contributed by atoms with Crippen molar-refractivity contribution in [3.05, 3.63) is 45.4 Å². The van der Waals surface area contributed by atoms with Crippen LogP contribution in [-0.4, -0.2) is 20.0 Å². The molecule has 0 aliphatic heterocycles. The van der Waals surface area contributed by atoms with Crippen molar-refractivity contribution in [3.8, 4) is 22.6 Å². The highest BCUT2D eigenvalue weighted by Gasteiger charge is 2.15. The molecule has 3 nitrogen and oxygen atoms in total. The lowest BCUT2D eigenvalue weighted by Gasteiger charge is -2.14. The van der Waals surface area contributed by atoms with E-state index in [0.717, 1.165) is 15.6 Å². The molecular weight excluding hydrogens is 356 g/mol. The smallest absolute Gasteiger partial charge is 0.161 e. The van der Waals surface area contributed by atoms with E-state index in [1.54, 1.807) is 26.4 Å². The van der Waals surface area contributed by atoms with Crippen LogP contribution in [0.1, 0.15) is 17.3 Å². The molecular formula is C16H14BrClO3.